The van der Waals surface area contributed by atoms with Gasteiger partial charge in [0.15, 0.2) is 11.5 Å². The first-order valence-electron chi connectivity index (χ1n) is 5.06. The number of benzene rings is 1. The van der Waals surface area contributed by atoms with Gasteiger partial charge in [-0.3, -0.25) is 9.59 Å². The lowest BCUT2D eigenvalue weighted by molar-refractivity contribution is -0.136. The maximum atomic E-state index is 11.4. The van der Waals surface area contributed by atoms with Gasteiger partial charge in [-0.25, -0.2) is 0 Å². The first-order valence-corrected chi connectivity index (χ1v) is 5.06. The normalized spacial score (nSPS) is 11.5. The van der Waals surface area contributed by atoms with Gasteiger partial charge in [0.05, 0.1) is 6.07 Å². The third-order valence-corrected chi connectivity index (χ3v) is 2.16. The Bertz CT molecular complexity index is 536. The molecule has 18 heavy (non-hydrogen) atoms. The second-order valence-corrected chi connectivity index (χ2v) is 3.36. The van der Waals surface area contributed by atoms with E-state index in [0.717, 1.165) is 0 Å². The average molecular weight is 247 g/mol. The summed E-state index contributed by atoms with van der Waals surface area (Å²) in [6.45, 7) is -0.0806. The summed E-state index contributed by atoms with van der Waals surface area (Å²) in [6, 6.07) is 6.47. The Hall–Kier alpha value is -2.75. The molecule has 1 aromatic rings. The number of nitriles is 1. The highest BCUT2D eigenvalue weighted by Gasteiger charge is 2.16. The molecule has 0 saturated heterocycles. The van der Waals surface area contributed by atoms with Crippen molar-refractivity contribution in [3.05, 3.63) is 18.2 Å². The van der Waals surface area contributed by atoms with E-state index in [0.29, 0.717) is 17.2 Å². The van der Waals surface area contributed by atoms with Crippen molar-refractivity contribution in [2.24, 2.45) is 0 Å². The number of nitrogens with zero attached hydrogens (tertiary/aromatic N) is 1. The van der Waals surface area contributed by atoms with Gasteiger partial charge >= 0.3 is 11.8 Å². The Morgan fingerprint density at radius 2 is 2.06 bits per heavy atom. The van der Waals surface area contributed by atoms with Gasteiger partial charge in [-0.2, -0.15) is 5.26 Å². The fraction of sp³-hybridized carbons (Fsp3) is 0.182. The molecule has 2 amide bonds. The first-order chi connectivity index (χ1) is 8.70. The molecule has 0 saturated carbocycles. The minimum Gasteiger partial charge on any atom is -0.454 e. The molecule has 1 aromatic carbocycles. The van der Waals surface area contributed by atoms with E-state index >= 15 is 0 Å². The second-order valence-electron chi connectivity index (χ2n) is 3.36. The Kier molecular flexibility index (Phi) is 3.29. The van der Waals surface area contributed by atoms with Crippen LogP contribution in [0.5, 0.6) is 11.5 Å². The number of hydrogen-bond acceptors (Lipinski definition) is 5. The highest BCUT2D eigenvalue weighted by atomic mass is 16.7. The van der Waals surface area contributed by atoms with Gasteiger partial charge in [0.25, 0.3) is 0 Å². The van der Waals surface area contributed by atoms with Crippen molar-refractivity contribution < 1.29 is 19.1 Å². The summed E-state index contributed by atoms with van der Waals surface area (Å²) in [5, 5.41) is 12.8. The predicted octanol–water partition coefficient (Wildman–Crippen LogP) is -0.00642. The fourth-order valence-corrected chi connectivity index (χ4v) is 1.36. The van der Waals surface area contributed by atoms with Crippen LogP contribution in [-0.4, -0.2) is 25.2 Å². The lowest BCUT2D eigenvalue weighted by Gasteiger charge is -2.05. The smallest absolute Gasteiger partial charge is 0.313 e. The molecule has 1 aliphatic heterocycles. The van der Waals surface area contributed by atoms with Crippen molar-refractivity contribution in [3.63, 3.8) is 0 Å². The van der Waals surface area contributed by atoms with Crippen molar-refractivity contribution in [2.45, 2.75) is 0 Å². The highest BCUT2D eigenvalue weighted by Crippen LogP contribution is 2.34. The molecule has 0 aromatic heterocycles. The SMILES string of the molecule is N#CCNC(=O)C(=O)Nc1ccc2c(c1)OCO2. The van der Waals surface area contributed by atoms with Gasteiger partial charge in [0.1, 0.15) is 6.54 Å². The predicted molar refractivity (Wildman–Crippen MR) is 59.8 cm³/mol. The molecule has 92 valence electrons. The topological polar surface area (TPSA) is 100 Å². The summed E-state index contributed by atoms with van der Waals surface area (Å²) in [4.78, 5) is 22.6. The van der Waals surface area contributed by atoms with Gasteiger partial charge < -0.3 is 20.1 Å². The summed E-state index contributed by atoms with van der Waals surface area (Å²) in [6.07, 6.45) is 0. The van der Waals surface area contributed by atoms with Gasteiger partial charge in [-0.05, 0) is 12.1 Å². The monoisotopic (exact) mass is 247 g/mol. The molecule has 0 bridgehead atoms. The molecule has 0 aliphatic carbocycles. The summed E-state index contributed by atoms with van der Waals surface area (Å²) in [5.41, 5.74) is 0.413. The van der Waals surface area contributed by atoms with E-state index in [1.54, 1.807) is 24.3 Å². The van der Waals surface area contributed by atoms with Crippen LogP contribution in [0.3, 0.4) is 0 Å². The van der Waals surface area contributed by atoms with Gasteiger partial charge in [-0.1, -0.05) is 0 Å². The van der Waals surface area contributed by atoms with Crippen LogP contribution in [0.1, 0.15) is 0 Å². The molecule has 0 spiro atoms. The Labute approximate surface area is 102 Å². The van der Waals surface area contributed by atoms with Crippen molar-refractivity contribution in [1.82, 2.24) is 5.32 Å². The van der Waals surface area contributed by atoms with E-state index < -0.39 is 11.8 Å². The van der Waals surface area contributed by atoms with E-state index in [-0.39, 0.29) is 13.3 Å². The largest absolute Gasteiger partial charge is 0.454 e. The minimum atomic E-state index is -0.866. The molecule has 0 radical (unpaired) electrons. The number of carbonyl (C=O) groups is 2. The van der Waals surface area contributed by atoms with Gasteiger partial charge in [-0.15, -0.1) is 0 Å². The molecular formula is C11H9N3O4. The molecule has 7 nitrogen and oxygen atoms in total. The Morgan fingerprint density at radius 3 is 2.83 bits per heavy atom. The maximum absolute atomic E-state index is 11.4. The summed E-state index contributed by atoms with van der Waals surface area (Å²) < 4.78 is 10.2. The second kappa shape index (κ2) is 5.05. The zero-order valence-electron chi connectivity index (χ0n) is 9.23. The standard InChI is InChI=1S/C11H9N3O4/c12-3-4-13-10(15)11(16)14-7-1-2-8-9(5-7)18-6-17-8/h1-2,5H,4,6H2,(H,13,15)(H,14,16). The van der Waals surface area contributed by atoms with Crippen molar-refractivity contribution in [1.29, 1.82) is 5.26 Å². The number of hydrogen-bond donors (Lipinski definition) is 2. The van der Waals surface area contributed by atoms with E-state index in [1.165, 1.54) is 0 Å². The third-order valence-electron chi connectivity index (χ3n) is 2.16. The number of anilines is 1. The molecule has 0 atom stereocenters. The van der Waals surface area contributed by atoms with Crippen LogP contribution < -0.4 is 20.1 Å². The number of fused-ring (bicyclic) bond motifs is 1. The van der Waals surface area contributed by atoms with Crippen LogP contribution in [0.4, 0.5) is 5.69 Å². The highest BCUT2D eigenvalue weighted by molar-refractivity contribution is 6.39. The molecule has 0 unspecified atom stereocenters. The first kappa shape index (κ1) is 11.7. The number of rotatable bonds is 2. The quantitative estimate of drug-likeness (QED) is 0.565. The van der Waals surface area contributed by atoms with Crippen LogP contribution in [0, 0.1) is 11.3 Å². The fourth-order valence-electron chi connectivity index (χ4n) is 1.36. The van der Waals surface area contributed by atoms with Crippen LogP contribution >= 0.6 is 0 Å². The van der Waals surface area contributed by atoms with Crippen LogP contribution in [0.2, 0.25) is 0 Å². The van der Waals surface area contributed by atoms with E-state index in [4.69, 9.17) is 14.7 Å². The zero-order chi connectivity index (χ0) is 13.0. The van der Waals surface area contributed by atoms with Crippen molar-refractivity contribution in [2.75, 3.05) is 18.7 Å². The van der Waals surface area contributed by atoms with E-state index in [1.807, 2.05) is 0 Å². The number of nitrogens with one attached hydrogen (secondary N) is 2. The van der Waals surface area contributed by atoms with Crippen molar-refractivity contribution in [3.8, 4) is 17.6 Å². The number of ether oxygens (including phenoxy) is 2. The van der Waals surface area contributed by atoms with Crippen molar-refractivity contribution >= 4 is 17.5 Å². The zero-order valence-corrected chi connectivity index (χ0v) is 9.23. The third kappa shape index (κ3) is 2.49. The molecular weight excluding hydrogens is 238 g/mol. The lowest BCUT2D eigenvalue weighted by Crippen LogP contribution is -2.35. The number of amides is 2. The van der Waals surface area contributed by atoms with Crippen LogP contribution in [0.15, 0.2) is 18.2 Å². The lowest BCUT2D eigenvalue weighted by atomic mass is 10.2. The maximum Gasteiger partial charge on any atom is 0.313 e. The summed E-state index contributed by atoms with van der Waals surface area (Å²) in [5.74, 6) is -0.620. The average Bonchev–Trinajstić information content (AvgIpc) is 2.83. The Morgan fingerprint density at radius 1 is 1.28 bits per heavy atom. The molecule has 2 rings (SSSR count). The molecule has 7 heteroatoms. The van der Waals surface area contributed by atoms with Gasteiger partial charge in [0, 0.05) is 11.8 Å². The summed E-state index contributed by atoms with van der Waals surface area (Å²) in [7, 11) is 0. The molecule has 1 heterocycles. The van der Waals surface area contributed by atoms with Crippen LogP contribution in [-0.2, 0) is 9.59 Å². The molecule has 2 N–H and O–H groups in total. The van der Waals surface area contributed by atoms with E-state index in [9.17, 15) is 9.59 Å². The van der Waals surface area contributed by atoms with E-state index in [2.05, 4.69) is 10.6 Å². The van der Waals surface area contributed by atoms with Crippen LogP contribution in [0.25, 0.3) is 0 Å². The molecule has 0 fully saturated rings. The number of carbonyl (C=O) groups excluding carboxylic acids is 2. The summed E-state index contributed by atoms with van der Waals surface area (Å²) >= 11 is 0. The molecule has 1 aliphatic rings. The Balaban J connectivity index is 1.99. The van der Waals surface area contributed by atoms with Gasteiger partial charge in [0.2, 0.25) is 6.79 Å². The minimum absolute atomic E-state index is 0.134.